The summed E-state index contributed by atoms with van der Waals surface area (Å²) in [6, 6.07) is 11.9. The van der Waals surface area contributed by atoms with Crippen LogP contribution >= 0.6 is 0 Å². The minimum absolute atomic E-state index is 0. The van der Waals surface area contributed by atoms with Crippen LogP contribution in [0.3, 0.4) is 0 Å². The Hall–Kier alpha value is -3.63. The van der Waals surface area contributed by atoms with Crippen LogP contribution in [0.1, 0.15) is 37.5 Å². The van der Waals surface area contributed by atoms with Gasteiger partial charge in [-0.1, -0.05) is 45.1 Å². The molecule has 4 N–H and O–H groups in total. The Labute approximate surface area is 198 Å². The van der Waals surface area contributed by atoms with Crippen LogP contribution in [-0.2, 0) is 15.4 Å². The van der Waals surface area contributed by atoms with E-state index in [1.807, 2.05) is 45.1 Å². The van der Waals surface area contributed by atoms with Crippen LogP contribution in [0.25, 0.3) is 17.8 Å². The molecule has 1 aromatic heterocycles. The second-order valence-corrected chi connectivity index (χ2v) is 10.4. The summed E-state index contributed by atoms with van der Waals surface area (Å²) in [5.41, 5.74) is 2.28. The molecule has 182 valence electrons. The van der Waals surface area contributed by atoms with Crippen LogP contribution in [0.2, 0.25) is 0 Å². The molecule has 0 aliphatic heterocycles. The zero-order valence-corrected chi connectivity index (χ0v) is 20.5. The summed E-state index contributed by atoms with van der Waals surface area (Å²) in [7, 11) is -1.75. The van der Waals surface area contributed by atoms with Crippen molar-refractivity contribution in [3.05, 3.63) is 86.2 Å². The molecule has 0 fully saturated rings. The van der Waals surface area contributed by atoms with Crippen molar-refractivity contribution in [1.29, 1.82) is 0 Å². The zero-order valence-electron chi connectivity index (χ0n) is 19.7. The highest BCUT2D eigenvalue weighted by Crippen LogP contribution is 2.37. The fourth-order valence-corrected chi connectivity index (χ4v) is 3.93. The van der Waals surface area contributed by atoms with E-state index >= 15 is 0 Å². The Kier molecular flexibility index (Phi) is 7.91. The standard InChI is InChI=1S/C24H27N3O5S.H2O/c1-24(2,3)20-15-19(27-13-12-21(28)25-23(27)29)14-17(22(20)32-4)9-6-16-7-10-18(11-8-16)26-33(5,30)31;/h6-15,26H,1-5H3,(H,25,28,29);1H2/b9-6+;. The second kappa shape index (κ2) is 10.1. The highest BCUT2D eigenvalue weighted by atomic mass is 32.2. The minimum atomic E-state index is -3.34. The number of benzene rings is 2. The zero-order chi connectivity index (χ0) is 24.4. The summed E-state index contributed by atoms with van der Waals surface area (Å²) in [6.45, 7) is 6.14. The van der Waals surface area contributed by atoms with Gasteiger partial charge in [-0.25, -0.2) is 13.2 Å². The van der Waals surface area contributed by atoms with Gasteiger partial charge >= 0.3 is 5.69 Å². The van der Waals surface area contributed by atoms with Crippen molar-refractivity contribution >= 4 is 27.9 Å². The molecular weight excluding hydrogens is 458 g/mol. The Morgan fingerprint density at radius 1 is 1.03 bits per heavy atom. The lowest BCUT2D eigenvalue weighted by Gasteiger charge is -2.25. The average molecular weight is 488 g/mol. The maximum atomic E-state index is 12.4. The fraction of sp³-hybridized carbons (Fsp3) is 0.250. The maximum Gasteiger partial charge on any atom is 0.332 e. The first-order valence-electron chi connectivity index (χ1n) is 10.2. The Morgan fingerprint density at radius 3 is 2.21 bits per heavy atom. The molecule has 0 aliphatic carbocycles. The first-order chi connectivity index (χ1) is 15.4. The van der Waals surface area contributed by atoms with Crippen molar-refractivity contribution in [1.82, 2.24) is 9.55 Å². The first-order valence-corrected chi connectivity index (χ1v) is 12.1. The third kappa shape index (κ3) is 6.46. The molecular formula is C24H29N3O6S. The van der Waals surface area contributed by atoms with E-state index in [2.05, 4.69) is 9.71 Å². The predicted molar refractivity (Wildman–Crippen MR) is 135 cm³/mol. The smallest absolute Gasteiger partial charge is 0.332 e. The molecule has 0 spiro atoms. The lowest BCUT2D eigenvalue weighted by Crippen LogP contribution is -2.28. The normalized spacial score (nSPS) is 11.8. The number of aromatic amines is 1. The molecule has 0 aliphatic rings. The van der Waals surface area contributed by atoms with Gasteiger partial charge < -0.3 is 10.2 Å². The van der Waals surface area contributed by atoms with Crippen molar-refractivity contribution in [3.8, 4) is 11.4 Å². The number of anilines is 1. The Balaban J connectivity index is 0.00000408. The molecule has 3 aromatic rings. The van der Waals surface area contributed by atoms with Crippen molar-refractivity contribution in [2.24, 2.45) is 0 Å². The van der Waals surface area contributed by atoms with E-state index in [1.54, 1.807) is 31.4 Å². The van der Waals surface area contributed by atoms with Crippen molar-refractivity contribution in [2.75, 3.05) is 18.1 Å². The summed E-state index contributed by atoms with van der Waals surface area (Å²) in [5, 5.41) is 0. The molecule has 0 saturated carbocycles. The molecule has 0 radical (unpaired) electrons. The number of rotatable bonds is 6. The Bertz CT molecular complexity index is 1410. The molecule has 2 aromatic carbocycles. The lowest BCUT2D eigenvalue weighted by atomic mass is 9.84. The number of nitrogens with zero attached hydrogens (tertiary/aromatic N) is 1. The van der Waals surface area contributed by atoms with Crippen LogP contribution in [0, 0.1) is 0 Å². The molecule has 34 heavy (non-hydrogen) atoms. The van der Waals surface area contributed by atoms with Crippen LogP contribution in [0.4, 0.5) is 5.69 Å². The average Bonchev–Trinajstić information content (AvgIpc) is 2.71. The van der Waals surface area contributed by atoms with Gasteiger partial charge in [0.05, 0.1) is 19.1 Å². The monoisotopic (exact) mass is 487 g/mol. The van der Waals surface area contributed by atoms with Gasteiger partial charge in [0, 0.05) is 29.1 Å². The van der Waals surface area contributed by atoms with Crippen molar-refractivity contribution in [2.45, 2.75) is 26.2 Å². The van der Waals surface area contributed by atoms with Gasteiger partial charge in [0.25, 0.3) is 5.56 Å². The predicted octanol–water partition coefficient (Wildman–Crippen LogP) is 2.55. The molecule has 0 saturated heterocycles. The van der Waals surface area contributed by atoms with E-state index in [0.717, 1.165) is 22.9 Å². The minimum Gasteiger partial charge on any atom is -0.496 e. The molecule has 0 amide bonds. The Morgan fingerprint density at radius 2 is 1.68 bits per heavy atom. The fourth-order valence-electron chi connectivity index (χ4n) is 3.37. The number of H-pyrrole nitrogens is 1. The molecule has 10 heteroatoms. The number of ether oxygens (including phenoxy) is 1. The summed E-state index contributed by atoms with van der Waals surface area (Å²) in [4.78, 5) is 26.2. The van der Waals surface area contributed by atoms with E-state index < -0.39 is 21.3 Å². The van der Waals surface area contributed by atoms with Crippen molar-refractivity contribution < 1.29 is 18.6 Å². The van der Waals surface area contributed by atoms with E-state index in [4.69, 9.17) is 4.74 Å². The third-order valence-corrected chi connectivity index (χ3v) is 5.49. The van der Waals surface area contributed by atoms with E-state index in [0.29, 0.717) is 17.1 Å². The number of nitrogens with one attached hydrogen (secondary N) is 2. The van der Waals surface area contributed by atoms with Gasteiger partial charge in [-0.3, -0.25) is 19.1 Å². The van der Waals surface area contributed by atoms with E-state index in [-0.39, 0.29) is 10.9 Å². The lowest BCUT2D eigenvalue weighted by molar-refractivity contribution is 0.396. The van der Waals surface area contributed by atoms with Crippen LogP contribution < -0.4 is 20.7 Å². The summed E-state index contributed by atoms with van der Waals surface area (Å²) in [5.74, 6) is 0.676. The number of sulfonamides is 1. The molecule has 9 nitrogen and oxygen atoms in total. The van der Waals surface area contributed by atoms with Crippen LogP contribution in [0.5, 0.6) is 5.75 Å². The summed E-state index contributed by atoms with van der Waals surface area (Å²) >= 11 is 0. The van der Waals surface area contributed by atoms with Crippen LogP contribution in [0.15, 0.2) is 58.3 Å². The largest absolute Gasteiger partial charge is 0.496 e. The van der Waals surface area contributed by atoms with E-state index in [1.165, 1.54) is 16.8 Å². The molecule has 0 bridgehead atoms. The van der Waals surface area contributed by atoms with Gasteiger partial charge in [0.2, 0.25) is 10.0 Å². The van der Waals surface area contributed by atoms with Crippen LogP contribution in [-0.4, -0.2) is 36.8 Å². The number of hydrogen-bond acceptors (Lipinski definition) is 5. The SMILES string of the molecule is COc1c(/C=C/c2ccc(NS(C)(=O)=O)cc2)cc(-n2ccc(=O)[nH]c2=O)cc1C(C)(C)C.O. The van der Waals surface area contributed by atoms with Gasteiger partial charge in [-0.2, -0.15) is 0 Å². The van der Waals surface area contributed by atoms with Gasteiger partial charge in [-0.15, -0.1) is 0 Å². The molecule has 3 rings (SSSR count). The second-order valence-electron chi connectivity index (χ2n) is 8.68. The summed E-state index contributed by atoms with van der Waals surface area (Å²) in [6.07, 6.45) is 6.28. The van der Waals surface area contributed by atoms with Crippen molar-refractivity contribution in [3.63, 3.8) is 0 Å². The molecule has 0 unspecified atom stereocenters. The topological polar surface area (TPSA) is 142 Å². The highest BCUT2D eigenvalue weighted by molar-refractivity contribution is 7.92. The quantitative estimate of drug-likeness (QED) is 0.514. The van der Waals surface area contributed by atoms with Gasteiger partial charge in [-0.05, 0) is 35.2 Å². The third-order valence-electron chi connectivity index (χ3n) is 4.89. The van der Waals surface area contributed by atoms with E-state index in [9.17, 15) is 18.0 Å². The van der Waals surface area contributed by atoms with Gasteiger partial charge in [0.1, 0.15) is 5.75 Å². The molecule has 0 atom stereocenters. The number of hydrogen-bond donors (Lipinski definition) is 2. The number of methoxy groups -OCH3 is 1. The first kappa shape index (κ1) is 26.6. The maximum absolute atomic E-state index is 12.4. The summed E-state index contributed by atoms with van der Waals surface area (Å²) < 4.78 is 32.3. The van der Waals surface area contributed by atoms with Gasteiger partial charge in [0.15, 0.2) is 0 Å². The molecule has 1 heterocycles. The highest BCUT2D eigenvalue weighted by Gasteiger charge is 2.22. The number of aromatic nitrogens is 2.